The third-order valence-corrected chi connectivity index (χ3v) is 8.81. The van der Waals surface area contributed by atoms with Crippen molar-refractivity contribution in [2.75, 3.05) is 39.0 Å². The van der Waals surface area contributed by atoms with Gasteiger partial charge in [0.2, 0.25) is 0 Å². The number of piperidine rings is 1. The number of halogens is 1. The Morgan fingerprint density at radius 3 is 2.50 bits per heavy atom. The van der Waals surface area contributed by atoms with E-state index < -0.39 is 14.6 Å². The van der Waals surface area contributed by atoms with Crippen molar-refractivity contribution in [1.82, 2.24) is 15.1 Å². The highest BCUT2D eigenvalue weighted by Gasteiger charge is 2.40. The standard InChI is InChI=1S/C22H36N4O2S.HI/c1-18-8-10-25(11-9-18)16-20-7-5-6-19(14-20)15-24-21(23-4)26-12-13-29(27,28)22(2,3)17-26;/h5-7,14,18H,8-13,15-17H2,1-4H3,(H,23,24);1H. The van der Waals surface area contributed by atoms with E-state index >= 15 is 0 Å². The molecule has 0 unspecified atom stereocenters. The maximum Gasteiger partial charge on any atom is 0.193 e. The molecule has 2 heterocycles. The molecule has 8 heteroatoms. The second-order valence-electron chi connectivity index (χ2n) is 9.18. The molecule has 2 fully saturated rings. The third kappa shape index (κ3) is 6.32. The molecule has 6 nitrogen and oxygen atoms in total. The SMILES string of the molecule is CN=C(NCc1cccc(CN2CCC(C)CC2)c1)N1CCS(=O)(=O)C(C)(C)C1.I. The number of rotatable bonds is 4. The van der Waals surface area contributed by atoms with Gasteiger partial charge in [0, 0.05) is 33.2 Å². The summed E-state index contributed by atoms with van der Waals surface area (Å²) >= 11 is 0. The van der Waals surface area contributed by atoms with Crippen molar-refractivity contribution < 1.29 is 8.42 Å². The maximum absolute atomic E-state index is 12.3. The predicted octanol–water partition coefficient (Wildman–Crippen LogP) is 3.12. The monoisotopic (exact) mass is 548 g/mol. The minimum Gasteiger partial charge on any atom is -0.352 e. The summed E-state index contributed by atoms with van der Waals surface area (Å²) in [6.07, 6.45) is 2.58. The van der Waals surface area contributed by atoms with Crippen LogP contribution in [0.4, 0.5) is 0 Å². The van der Waals surface area contributed by atoms with Crippen molar-refractivity contribution >= 4 is 39.8 Å². The average molecular weight is 549 g/mol. The zero-order chi connectivity index (χ0) is 21.1. The summed E-state index contributed by atoms with van der Waals surface area (Å²) in [5.41, 5.74) is 2.57. The molecule has 2 aliphatic rings. The Labute approximate surface area is 199 Å². The van der Waals surface area contributed by atoms with E-state index in [1.807, 2.05) is 0 Å². The first-order valence-electron chi connectivity index (χ1n) is 10.7. The van der Waals surface area contributed by atoms with Crippen LogP contribution in [-0.2, 0) is 22.9 Å². The zero-order valence-electron chi connectivity index (χ0n) is 18.7. The van der Waals surface area contributed by atoms with Crippen LogP contribution in [0.15, 0.2) is 29.3 Å². The van der Waals surface area contributed by atoms with Crippen molar-refractivity contribution in [2.24, 2.45) is 10.9 Å². The summed E-state index contributed by atoms with van der Waals surface area (Å²) in [5, 5.41) is 3.42. The molecule has 0 bridgehead atoms. The highest BCUT2D eigenvalue weighted by atomic mass is 127. The lowest BCUT2D eigenvalue weighted by Crippen LogP contribution is -2.57. The normalized spacial score (nSPS) is 22.4. The molecule has 1 N–H and O–H groups in total. The van der Waals surface area contributed by atoms with Crippen LogP contribution in [-0.4, -0.2) is 67.9 Å². The van der Waals surface area contributed by atoms with Gasteiger partial charge in [-0.1, -0.05) is 31.2 Å². The van der Waals surface area contributed by atoms with E-state index in [1.165, 1.54) is 37.1 Å². The van der Waals surface area contributed by atoms with Crippen LogP contribution in [0.3, 0.4) is 0 Å². The molecule has 3 rings (SSSR count). The van der Waals surface area contributed by atoms with Gasteiger partial charge in [0.1, 0.15) is 0 Å². The number of likely N-dealkylation sites (tertiary alicyclic amines) is 1. The van der Waals surface area contributed by atoms with E-state index in [2.05, 4.69) is 51.3 Å². The molecule has 0 aliphatic carbocycles. The quantitative estimate of drug-likeness (QED) is 0.356. The van der Waals surface area contributed by atoms with Crippen molar-refractivity contribution in [1.29, 1.82) is 0 Å². The number of benzene rings is 1. The molecule has 30 heavy (non-hydrogen) atoms. The highest BCUT2D eigenvalue weighted by Crippen LogP contribution is 2.24. The molecule has 2 aliphatic heterocycles. The number of sulfone groups is 1. The second-order valence-corrected chi connectivity index (χ2v) is 11.9. The van der Waals surface area contributed by atoms with Crippen LogP contribution in [0.1, 0.15) is 44.7 Å². The first-order valence-corrected chi connectivity index (χ1v) is 12.3. The van der Waals surface area contributed by atoms with Crippen molar-refractivity contribution in [3.05, 3.63) is 35.4 Å². The summed E-state index contributed by atoms with van der Waals surface area (Å²) in [6.45, 7) is 10.9. The van der Waals surface area contributed by atoms with Crippen molar-refractivity contribution in [3.63, 3.8) is 0 Å². The van der Waals surface area contributed by atoms with E-state index in [1.54, 1.807) is 20.9 Å². The number of nitrogens with one attached hydrogen (secondary N) is 1. The van der Waals surface area contributed by atoms with E-state index in [4.69, 9.17) is 0 Å². The fraction of sp³-hybridized carbons (Fsp3) is 0.682. The molecule has 0 atom stereocenters. The first kappa shape index (κ1) is 25.4. The van der Waals surface area contributed by atoms with Crippen LogP contribution in [0.25, 0.3) is 0 Å². The van der Waals surface area contributed by atoms with E-state index in [0.29, 0.717) is 19.6 Å². The minimum atomic E-state index is -3.06. The Bertz CT molecular complexity index is 833. The van der Waals surface area contributed by atoms with Crippen LogP contribution >= 0.6 is 24.0 Å². The fourth-order valence-electron chi connectivity index (χ4n) is 4.15. The molecule has 1 aromatic rings. The Kier molecular flexibility index (Phi) is 9.00. The van der Waals surface area contributed by atoms with Crippen molar-refractivity contribution in [3.8, 4) is 0 Å². The lowest BCUT2D eigenvalue weighted by molar-refractivity contribution is 0.185. The highest BCUT2D eigenvalue weighted by molar-refractivity contribution is 14.0. The molecule has 0 amide bonds. The molecule has 0 radical (unpaired) electrons. The minimum absolute atomic E-state index is 0. The van der Waals surface area contributed by atoms with E-state index in [-0.39, 0.29) is 29.7 Å². The van der Waals surface area contributed by atoms with Gasteiger partial charge in [0.15, 0.2) is 15.8 Å². The van der Waals surface area contributed by atoms with Gasteiger partial charge >= 0.3 is 0 Å². The molecule has 0 spiro atoms. The van der Waals surface area contributed by atoms with E-state index in [0.717, 1.165) is 18.4 Å². The van der Waals surface area contributed by atoms with Crippen molar-refractivity contribution in [2.45, 2.75) is 51.4 Å². The lowest BCUT2D eigenvalue weighted by atomic mass is 9.98. The Morgan fingerprint density at radius 2 is 1.87 bits per heavy atom. The summed E-state index contributed by atoms with van der Waals surface area (Å²) < 4.78 is 23.8. The number of aliphatic imine (C=N–C) groups is 1. The van der Waals surface area contributed by atoms with Crippen LogP contribution in [0, 0.1) is 5.92 Å². The van der Waals surface area contributed by atoms with Gasteiger partial charge in [-0.2, -0.15) is 0 Å². The smallest absolute Gasteiger partial charge is 0.193 e. The van der Waals surface area contributed by atoms with Gasteiger partial charge in [0.25, 0.3) is 0 Å². The van der Waals surface area contributed by atoms with Crippen LogP contribution in [0.5, 0.6) is 0 Å². The molecule has 1 aromatic carbocycles. The van der Waals surface area contributed by atoms with Gasteiger partial charge in [0.05, 0.1) is 10.5 Å². The second kappa shape index (κ2) is 10.6. The lowest BCUT2D eigenvalue weighted by Gasteiger charge is -2.39. The Morgan fingerprint density at radius 1 is 1.20 bits per heavy atom. The molecule has 2 saturated heterocycles. The summed E-state index contributed by atoms with van der Waals surface area (Å²) in [7, 11) is -1.30. The molecular weight excluding hydrogens is 511 g/mol. The summed E-state index contributed by atoms with van der Waals surface area (Å²) in [6, 6.07) is 8.72. The average Bonchev–Trinajstić information content (AvgIpc) is 2.67. The summed E-state index contributed by atoms with van der Waals surface area (Å²) in [5.74, 6) is 1.79. The maximum atomic E-state index is 12.3. The van der Waals surface area contributed by atoms with Gasteiger partial charge in [-0.05, 0) is 56.8 Å². The number of guanidine groups is 1. The summed E-state index contributed by atoms with van der Waals surface area (Å²) in [4.78, 5) is 8.99. The van der Waals surface area contributed by atoms with Gasteiger partial charge in [-0.15, -0.1) is 24.0 Å². The van der Waals surface area contributed by atoms with E-state index in [9.17, 15) is 8.42 Å². The Balaban J connectivity index is 0.00000320. The van der Waals surface area contributed by atoms with Crippen LogP contribution < -0.4 is 5.32 Å². The van der Waals surface area contributed by atoms with Crippen LogP contribution in [0.2, 0.25) is 0 Å². The largest absolute Gasteiger partial charge is 0.352 e. The predicted molar refractivity (Wildman–Crippen MR) is 135 cm³/mol. The molecular formula is C22H37IN4O2S. The van der Waals surface area contributed by atoms with Gasteiger partial charge in [-0.3, -0.25) is 9.89 Å². The fourth-order valence-corrected chi connectivity index (χ4v) is 5.52. The number of hydrogen-bond acceptors (Lipinski definition) is 4. The third-order valence-electron chi connectivity index (χ3n) is 6.28. The Hall–Kier alpha value is -0.870. The first-order chi connectivity index (χ1) is 13.7. The molecule has 170 valence electrons. The van der Waals surface area contributed by atoms with Gasteiger partial charge in [-0.25, -0.2) is 8.42 Å². The topological polar surface area (TPSA) is 65.0 Å². The zero-order valence-corrected chi connectivity index (χ0v) is 21.9. The molecule has 0 aromatic heterocycles. The number of nitrogens with zero attached hydrogens (tertiary/aromatic N) is 3. The van der Waals surface area contributed by atoms with Gasteiger partial charge < -0.3 is 10.2 Å². The molecule has 0 saturated carbocycles. The number of hydrogen-bond donors (Lipinski definition) is 1.